The number of nitrogens with one attached hydrogen (secondary N) is 2. The van der Waals surface area contributed by atoms with Crippen LogP contribution in [-0.4, -0.2) is 28.3 Å². The van der Waals surface area contributed by atoms with Gasteiger partial charge in [-0.2, -0.15) is 0 Å². The molecule has 19 heavy (non-hydrogen) atoms. The first-order chi connectivity index (χ1) is 8.85. The molecule has 0 bridgehead atoms. The summed E-state index contributed by atoms with van der Waals surface area (Å²) in [5.74, 6) is 0.0730. The summed E-state index contributed by atoms with van der Waals surface area (Å²) in [6, 6.07) is -0.335. The zero-order valence-corrected chi connectivity index (χ0v) is 12.8. The topological polar surface area (TPSA) is 74.2 Å². The predicted octanol–water partition coefficient (Wildman–Crippen LogP) is 2.62. The number of aromatic nitrogens is 1. The molecular weight excluding hydrogens is 262 g/mol. The molecule has 0 spiro atoms. The van der Waals surface area contributed by atoms with Crippen LogP contribution in [0, 0.1) is 5.92 Å². The molecule has 0 aliphatic carbocycles. The van der Waals surface area contributed by atoms with Gasteiger partial charge in [0.25, 0.3) is 0 Å². The fourth-order valence-electron chi connectivity index (χ4n) is 1.34. The monoisotopic (exact) mass is 285 g/mol. The number of thiazole rings is 1. The summed E-state index contributed by atoms with van der Waals surface area (Å²) in [4.78, 5) is 16.0. The molecule has 1 heterocycles. The van der Waals surface area contributed by atoms with E-state index in [0.29, 0.717) is 5.13 Å². The minimum absolute atomic E-state index is 0.0730. The lowest BCUT2D eigenvalue weighted by atomic mass is 9.93. The molecule has 1 rings (SSSR count). The third kappa shape index (κ3) is 5.16. The second-order valence-corrected chi connectivity index (χ2v) is 6.07. The van der Waals surface area contributed by atoms with Gasteiger partial charge in [-0.05, 0) is 19.3 Å². The van der Waals surface area contributed by atoms with Crippen LogP contribution in [0.25, 0.3) is 0 Å². The molecule has 108 valence electrons. The van der Waals surface area contributed by atoms with Gasteiger partial charge < -0.3 is 10.4 Å². The largest absolute Gasteiger partial charge is 0.388 e. The fourth-order valence-corrected chi connectivity index (χ4v) is 2.08. The van der Waals surface area contributed by atoms with Crippen molar-refractivity contribution in [3.63, 3.8) is 0 Å². The first-order valence-electron chi connectivity index (χ1n) is 6.56. The predicted molar refractivity (Wildman–Crippen MR) is 78.6 cm³/mol. The van der Waals surface area contributed by atoms with Gasteiger partial charge in [0.2, 0.25) is 0 Å². The number of carbonyl (C=O) groups is 1. The van der Waals surface area contributed by atoms with E-state index in [0.717, 1.165) is 18.5 Å². The van der Waals surface area contributed by atoms with Crippen molar-refractivity contribution >= 4 is 22.5 Å². The Hall–Kier alpha value is -1.14. The Balaban J connectivity index is 2.42. The SMILES string of the molecule is CCCc1csc(NC(=O)NCC(C)(O)C(C)C)n1. The minimum atomic E-state index is -0.909. The molecule has 0 saturated carbocycles. The Kier molecular flexibility index (Phi) is 5.75. The summed E-state index contributed by atoms with van der Waals surface area (Å²) in [5.41, 5.74) is 0.0881. The van der Waals surface area contributed by atoms with Crippen molar-refractivity contribution < 1.29 is 9.90 Å². The molecule has 0 aliphatic heterocycles. The second-order valence-electron chi connectivity index (χ2n) is 5.21. The molecule has 0 radical (unpaired) electrons. The summed E-state index contributed by atoms with van der Waals surface area (Å²) in [6.45, 7) is 7.84. The molecule has 3 N–H and O–H groups in total. The number of aliphatic hydroxyl groups is 1. The van der Waals surface area contributed by atoms with Crippen LogP contribution in [0.3, 0.4) is 0 Å². The maximum Gasteiger partial charge on any atom is 0.321 e. The van der Waals surface area contributed by atoms with Crippen molar-refractivity contribution in [3.05, 3.63) is 11.1 Å². The molecular formula is C13H23N3O2S. The maximum absolute atomic E-state index is 11.7. The lowest BCUT2D eigenvalue weighted by Gasteiger charge is -2.27. The van der Waals surface area contributed by atoms with Crippen molar-refractivity contribution in [2.75, 3.05) is 11.9 Å². The zero-order valence-electron chi connectivity index (χ0n) is 12.0. The van der Waals surface area contributed by atoms with Crippen LogP contribution < -0.4 is 10.6 Å². The first-order valence-corrected chi connectivity index (χ1v) is 7.44. The van der Waals surface area contributed by atoms with Crippen molar-refractivity contribution in [1.29, 1.82) is 0 Å². The van der Waals surface area contributed by atoms with Gasteiger partial charge in [-0.15, -0.1) is 11.3 Å². The highest BCUT2D eigenvalue weighted by Crippen LogP contribution is 2.17. The molecule has 1 unspecified atom stereocenters. The van der Waals surface area contributed by atoms with E-state index in [4.69, 9.17) is 0 Å². The third-order valence-electron chi connectivity index (χ3n) is 3.13. The number of hydrogen-bond donors (Lipinski definition) is 3. The fraction of sp³-hybridized carbons (Fsp3) is 0.692. The van der Waals surface area contributed by atoms with Crippen molar-refractivity contribution in [2.45, 2.75) is 46.1 Å². The van der Waals surface area contributed by atoms with E-state index in [1.54, 1.807) is 6.92 Å². The van der Waals surface area contributed by atoms with E-state index in [1.807, 2.05) is 19.2 Å². The Morgan fingerprint density at radius 1 is 1.58 bits per heavy atom. The average molecular weight is 285 g/mol. The van der Waals surface area contributed by atoms with E-state index in [2.05, 4.69) is 22.5 Å². The number of urea groups is 1. The number of rotatable bonds is 6. The third-order valence-corrected chi connectivity index (χ3v) is 3.94. The number of aryl methyl sites for hydroxylation is 1. The van der Waals surface area contributed by atoms with Crippen LogP contribution in [0.4, 0.5) is 9.93 Å². The molecule has 1 aromatic rings. The molecule has 6 heteroatoms. The minimum Gasteiger partial charge on any atom is -0.388 e. The smallest absolute Gasteiger partial charge is 0.321 e. The standard InChI is InChI=1S/C13H23N3O2S/c1-5-6-10-7-19-12(15-10)16-11(17)14-8-13(4,18)9(2)3/h7,9,18H,5-6,8H2,1-4H3,(H2,14,15,16,17). The Bertz CT molecular complexity index is 416. The van der Waals surface area contributed by atoms with Gasteiger partial charge in [0.05, 0.1) is 11.3 Å². The van der Waals surface area contributed by atoms with Crippen molar-refractivity contribution in [3.8, 4) is 0 Å². The number of carbonyl (C=O) groups excluding carboxylic acids is 1. The highest BCUT2D eigenvalue weighted by atomic mass is 32.1. The maximum atomic E-state index is 11.7. The summed E-state index contributed by atoms with van der Waals surface area (Å²) >= 11 is 1.41. The van der Waals surface area contributed by atoms with E-state index in [-0.39, 0.29) is 18.5 Å². The Labute approximate surface area is 118 Å². The second kappa shape index (κ2) is 6.86. The molecule has 1 aromatic heterocycles. The Morgan fingerprint density at radius 2 is 2.26 bits per heavy atom. The summed E-state index contributed by atoms with van der Waals surface area (Å²) in [7, 11) is 0. The van der Waals surface area contributed by atoms with Crippen LogP contribution in [0.1, 0.15) is 39.8 Å². The molecule has 1 atom stereocenters. The van der Waals surface area contributed by atoms with E-state index in [9.17, 15) is 9.90 Å². The van der Waals surface area contributed by atoms with Crippen molar-refractivity contribution in [2.24, 2.45) is 5.92 Å². The molecule has 2 amide bonds. The Morgan fingerprint density at radius 3 is 2.84 bits per heavy atom. The first kappa shape index (κ1) is 15.9. The van der Waals surface area contributed by atoms with Gasteiger partial charge in [-0.1, -0.05) is 27.2 Å². The van der Waals surface area contributed by atoms with Gasteiger partial charge in [0.1, 0.15) is 0 Å². The number of amides is 2. The normalized spacial score (nSPS) is 14.2. The van der Waals surface area contributed by atoms with Gasteiger partial charge in [0.15, 0.2) is 5.13 Å². The van der Waals surface area contributed by atoms with Crippen LogP contribution in [0.15, 0.2) is 5.38 Å². The lowest BCUT2D eigenvalue weighted by molar-refractivity contribution is 0.0170. The average Bonchev–Trinajstić information content (AvgIpc) is 2.74. The molecule has 0 saturated heterocycles. The highest BCUT2D eigenvalue weighted by Gasteiger charge is 2.25. The molecule has 0 aromatic carbocycles. The molecule has 5 nitrogen and oxygen atoms in total. The lowest BCUT2D eigenvalue weighted by Crippen LogP contribution is -2.45. The van der Waals surface area contributed by atoms with Gasteiger partial charge in [0, 0.05) is 11.9 Å². The van der Waals surface area contributed by atoms with Gasteiger partial charge in [-0.3, -0.25) is 5.32 Å². The quantitative estimate of drug-likeness (QED) is 0.752. The van der Waals surface area contributed by atoms with Gasteiger partial charge >= 0.3 is 6.03 Å². The van der Waals surface area contributed by atoms with Crippen LogP contribution >= 0.6 is 11.3 Å². The summed E-state index contributed by atoms with van der Waals surface area (Å²) < 4.78 is 0. The van der Waals surface area contributed by atoms with Gasteiger partial charge in [-0.25, -0.2) is 9.78 Å². The molecule has 0 aliphatic rings. The summed E-state index contributed by atoms with van der Waals surface area (Å²) in [6.07, 6.45) is 1.95. The van der Waals surface area contributed by atoms with Crippen LogP contribution in [0.2, 0.25) is 0 Å². The number of nitrogens with zero attached hydrogens (tertiary/aromatic N) is 1. The van der Waals surface area contributed by atoms with Crippen molar-refractivity contribution in [1.82, 2.24) is 10.3 Å². The van der Waals surface area contributed by atoms with Crippen LogP contribution in [-0.2, 0) is 6.42 Å². The zero-order chi connectivity index (χ0) is 14.5. The number of hydrogen-bond acceptors (Lipinski definition) is 4. The number of anilines is 1. The van der Waals surface area contributed by atoms with Crippen LogP contribution in [0.5, 0.6) is 0 Å². The molecule has 0 fully saturated rings. The summed E-state index contributed by atoms with van der Waals surface area (Å²) in [5, 5.41) is 17.9. The highest BCUT2D eigenvalue weighted by molar-refractivity contribution is 7.13. The van der Waals surface area contributed by atoms with E-state index < -0.39 is 5.60 Å². The van der Waals surface area contributed by atoms with E-state index in [1.165, 1.54) is 11.3 Å². The van der Waals surface area contributed by atoms with E-state index >= 15 is 0 Å².